The Hall–Kier alpha value is -0.370. The van der Waals surface area contributed by atoms with Crippen molar-refractivity contribution in [3.05, 3.63) is 0 Å². The fourth-order valence-electron chi connectivity index (χ4n) is 1.44. The van der Waals surface area contributed by atoms with Gasteiger partial charge in [0, 0.05) is 12.3 Å². The van der Waals surface area contributed by atoms with Gasteiger partial charge < -0.3 is 5.73 Å². The molecule has 64 valence electrons. The van der Waals surface area contributed by atoms with Crippen molar-refractivity contribution < 1.29 is 4.79 Å². The topological polar surface area (TPSA) is 43.1 Å². The van der Waals surface area contributed by atoms with E-state index in [0.29, 0.717) is 24.2 Å². The molecule has 0 heterocycles. The van der Waals surface area contributed by atoms with Crippen molar-refractivity contribution in [2.24, 2.45) is 17.6 Å². The van der Waals surface area contributed by atoms with Crippen molar-refractivity contribution in [3.63, 3.8) is 0 Å². The zero-order valence-electron chi connectivity index (χ0n) is 7.18. The maximum atomic E-state index is 11.3. The standard InChI is InChI=1S/C9H17NO/c1-2-3-4-9(11)8-5-7(8)6-10/h7-8H,2-6,10H2,1H3/t7-,8-/m0/s1. The van der Waals surface area contributed by atoms with Crippen molar-refractivity contribution in [3.8, 4) is 0 Å². The molecular formula is C9H17NO. The van der Waals surface area contributed by atoms with Crippen LogP contribution in [0.1, 0.15) is 32.6 Å². The fraction of sp³-hybridized carbons (Fsp3) is 0.889. The lowest BCUT2D eigenvalue weighted by molar-refractivity contribution is -0.120. The zero-order valence-corrected chi connectivity index (χ0v) is 7.18. The SMILES string of the molecule is CCCCC(=O)[C@H]1C[C@H]1CN. The minimum atomic E-state index is 0.339. The van der Waals surface area contributed by atoms with E-state index in [1.165, 1.54) is 0 Å². The Morgan fingerprint density at radius 3 is 2.82 bits per heavy atom. The van der Waals surface area contributed by atoms with Gasteiger partial charge in [0.15, 0.2) is 0 Å². The van der Waals surface area contributed by atoms with Crippen molar-refractivity contribution in [1.82, 2.24) is 0 Å². The Morgan fingerprint density at radius 1 is 1.64 bits per heavy atom. The molecule has 0 aliphatic heterocycles. The van der Waals surface area contributed by atoms with Crippen LogP contribution in [0.25, 0.3) is 0 Å². The van der Waals surface area contributed by atoms with Crippen molar-refractivity contribution in [1.29, 1.82) is 0 Å². The first-order valence-corrected chi connectivity index (χ1v) is 4.52. The largest absolute Gasteiger partial charge is 0.330 e. The van der Waals surface area contributed by atoms with E-state index in [9.17, 15) is 4.79 Å². The van der Waals surface area contributed by atoms with Crippen molar-refractivity contribution in [2.75, 3.05) is 6.54 Å². The number of carbonyl (C=O) groups is 1. The highest BCUT2D eigenvalue weighted by atomic mass is 16.1. The van der Waals surface area contributed by atoms with Gasteiger partial charge in [0.2, 0.25) is 0 Å². The first-order chi connectivity index (χ1) is 5.29. The van der Waals surface area contributed by atoms with Gasteiger partial charge in [-0.2, -0.15) is 0 Å². The van der Waals surface area contributed by atoms with Crippen LogP contribution in [0.15, 0.2) is 0 Å². The van der Waals surface area contributed by atoms with E-state index in [2.05, 4.69) is 6.92 Å². The molecule has 1 fully saturated rings. The number of nitrogens with two attached hydrogens (primary N) is 1. The van der Waals surface area contributed by atoms with Crippen LogP contribution in [0.5, 0.6) is 0 Å². The second kappa shape index (κ2) is 3.86. The Bertz CT molecular complexity index is 144. The van der Waals surface area contributed by atoms with Gasteiger partial charge in [-0.15, -0.1) is 0 Å². The van der Waals surface area contributed by atoms with E-state index >= 15 is 0 Å². The van der Waals surface area contributed by atoms with Crippen LogP contribution in [0.2, 0.25) is 0 Å². The summed E-state index contributed by atoms with van der Waals surface area (Å²) in [6, 6.07) is 0. The fourth-order valence-corrected chi connectivity index (χ4v) is 1.44. The Kier molecular flexibility index (Phi) is 3.06. The monoisotopic (exact) mass is 155 g/mol. The molecule has 0 aromatic rings. The predicted octanol–water partition coefficient (Wildman–Crippen LogP) is 1.34. The first kappa shape index (κ1) is 8.72. The number of carbonyl (C=O) groups excluding carboxylic acids is 1. The first-order valence-electron chi connectivity index (χ1n) is 4.52. The summed E-state index contributed by atoms with van der Waals surface area (Å²) in [5, 5.41) is 0. The van der Waals surface area contributed by atoms with Gasteiger partial charge in [0.25, 0.3) is 0 Å². The number of hydrogen-bond acceptors (Lipinski definition) is 2. The number of unbranched alkanes of at least 4 members (excludes halogenated alkanes) is 1. The van der Waals surface area contributed by atoms with Crippen LogP contribution in [0.3, 0.4) is 0 Å². The third-order valence-corrected chi connectivity index (χ3v) is 2.42. The van der Waals surface area contributed by atoms with Crippen LogP contribution >= 0.6 is 0 Å². The molecule has 0 saturated heterocycles. The highest BCUT2D eigenvalue weighted by Gasteiger charge is 2.40. The normalized spacial score (nSPS) is 28.5. The van der Waals surface area contributed by atoms with Gasteiger partial charge in [-0.05, 0) is 25.3 Å². The van der Waals surface area contributed by atoms with Crippen molar-refractivity contribution >= 4 is 5.78 Å². The molecule has 0 bridgehead atoms. The molecule has 0 spiro atoms. The molecule has 1 aliphatic carbocycles. The summed E-state index contributed by atoms with van der Waals surface area (Å²) < 4.78 is 0. The summed E-state index contributed by atoms with van der Waals surface area (Å²) in [7, 11) is 0. The molecule has 2 N–H and O–H groups in total. The number of Topliss-reactive ketones (excluding diaryl/α,β-unsaturated/α-hetero) is 1. The lowest BCUT2D eigenvalue weighted by atomic mass is 10.1. The molecule has 1 saturated carbocycles. The van der Waals surface area contributed by atoms with Gasteiger partial charge in [0.1, 0.15) is 5.78 Å². The Morgan fingerprint density at radius 2 is 2.36 bits per heavy atom. The zero-order chi connectivity index (χ0) is 8.27. The number of hydrogen-bond donors (Lipinski definition) is 1. The molecule has 0 unspecified atom stereocenters. The second-order valence-corrected chi connectivity index (χ2v) is 3.41. The van der Waals surface area contributed by atoms with Crippen molar-refractivity contribution in [2.45, 2.75) is 32.6 Å². The number of rotatable bonds is 5. The average molecular weight is 155 g/mol. The quantitative estimate of drug-likeness (QED) is 0.651. The van der Waals surface area contributed by atoms with E-state index in [1.54, 1.807) is 0 Å². The molecule has 1 rings (SSSR count). The molecule has 2 nitrogen and oxygen atoms in total. The molecule has 1 aliphatic rings. The maximum Gasteiger partial charge on any atom is 0.136 e. The molecule has 0 aromatic heterocycles. The lowest BCUT2D eigenvalue weighted by Crippen LogP contribution is -2.08. The van der Waals surface area contributed by atoms with Gasteiger partial charge in [-0.1, -0.05) is 13.3 Å². The van der Waals surface area contributed by atoms with Gasteiger partial charge in [-0.25, -0.2) is 0 Å². The predicted molar refractivity (Wildman–Crippen MR) is 45.2 cm³/mol. The van der Waals surface area contributed by atoms with Crippen LogP contribution in [0, 0.1) is 11.8 Å². The van der Waals surface area contributed by atoms with E-state index in [4.69, 9.17) is 5.73 Å². The van der Waals surface area contributed by atoms with E-state index in [1.807, 2.05) is 0 Å². The van der Waals surface area contributed by atoms with Gasteiger partial charge >= 0.3 is 0 Å². The summed E-state index contributed by atoms with van der Waals surface area (Å²) in [4.78, 5) is 11.3. The highest BCUT2D eigenvalue weighted by Crippen LogP contribution is 2.39. The smallest absolute Gasteiger partial charge is 0.136 e. The van der Waals surface area contributed by atoms with E-state index in [-0.39, 0.29) is 0 Å². The van der Waals surface area contributed by atoms with Crippen LogP contribution in [0.4, 0.5) is 0 Å². The third kappa shape index (κ3) is 2.29. The molecule has 2 atom stereocenters. The summed E-state index contributed by atoms with van der Waals surface area (Å²) >= 11 is 0. The molecule has 2 heteroatoms. The number of ketones is 1. The molecule has 11 heavy (non-hydrogen) atoms. The molecule has 0 aromatic carbocycles. The molecular weight excluding hydrogens is 138 g/mol. The summed E-state index contributed by atoms with van der Waals surface area (Å²) in [6.07, 6.45) is 4.00. The summed E-state index contributed by atoms with van der Waals surface area (Å²) in [5.74, 6) is 1.31. The third-order valence-electron chi connectivity index (χ3n) is 2.42. The highest BCUT2D eigenvalue weighted by molar-refractivity contribution is 5.83. The average Bonchev–Trinajstić information content (AvgIpc) is 2.78. The minimum absolute atomic E-state index is 0.339. The summed E-state index contributed by atoms with van der Waals surface area (Å²) in [6.45, 7) is 2.81. The van der Waals surface area contributed by atoms with Crippen LogP contribution in [-0.2, 0) is 4.79 Å². The Balaban J connectivity index is 2.12. The molecule has 0 amide bonds. The van der Waals surface area contributed by atoms with Gasteiger partial charge in [0.05, 0.1) is 0 Å². The Labute approximate surface area is 68.2 Å². The van der Waals surface area contributed by atoms with Gasteiger partial charge in [-0.3, -0.25) is 4.79 Å². The van der Waals surface area contributed by atoms with Crippen LogP contribution < -0.4 is 5.73 Å². The summed E-state index contributed by atoms with van der Waals surface area (Å²) in [5.41, 5.74) is 5.44. The minimum Gasteiger partial charge on any atom is -0.330 e. The lowest BCUT2D eigenvalue weighted by Gasteiger charge is -1.96. The second-order valence-electron chi connectivity index (χ2n) is 3.41. The van der Waals surface area contributed by atoms with E-state index < -0.39 is 0 Å². The maximum absolute atomic E-state index is 11.3. The molecule has 0 radical (unpaired) electrons. The van der Waals surface area contributed by atoms with E-state index in [0.717, 1.165) is 25.7 Å². The van der Waals surface area contributed by atoms with Crippen LogP contribution in [-0.4, -0.2) is 12.3 Å².